The van der Waals surface area contributed by atoms with Crippen molar-refractivity contribution in [3.63, 3.8) is 0 Å². The minimum Gasteiger partial charge on any atom is -0.461 e. The van der Waals surface area contributed by atoms with Gasteiger partial charge in [0.15, 0.2) is 11.3 Å². The van der Waals surface area contributed by atoms with E-state index in [4.69, 9.17) is 9.26 Å². The fraction of sp³-hybridized carbons (Fsp3) is 0.200. The molecular weight excluding hydrogens is 182 g/mol. The maximum absolute atomic E-state index is 11.4. The largest absolute Gasteiger partial charge is 0.461 e. The third-order valence-electron chi connectivity index (χ3n) is 1.85. The summed E-state index contributed by atoms with van der Waals surface area (Å²) < 4.78 is 9.80. The molecule has 0 saturated carbocycles. The molecule has 1 aromatic heterocycles. The molecule has 0 atom stereocenters. The second-order valence-corrected chi connectivity index (χ2v) is 2.75. The van der Waals surface area contributed by atoms with Crippen molar-refractivity contribution >= 4 is 16.9 Å². The summed E-state index contributed by atoms with van der Waals surface area (Å²) in [5.41, 5.74) is 0.831. The molecule has 0 radical (unpaired) electrons. The standard InChI is InChI=1S/C10H9NO3/c1-2-13-10(12)9-7-5-3-4-6-8(7)14-11-9/h3-6H,2H2,1H3. The molecule has 72 valence electrons. The Labute approximate surface area is 80.4 Å². The van der Waals surface area contributed by atoms with E-state index < -0.39 is 5.97 Å². The van der Waals surface area contributed by atoms with Gasteiger partial charge in [0.25, 0.3) is 0 Å². The van der Waals surface area contributed by atoms with Gasteiger partial charge in [-0.1, -0.05) is 17.3 Å². The van der Waals surface area contributed by atoms with Crippen molar-refractivity contribution < 1.29 is 14.1 Å². The van der Waals surface area contributed by atoms with E-state index in [9.17, 15) is 4.79 Å². The van der Waals surface area contributed by atoms with E-state index in [0.29, 0.717) is 17.6 Å². The number of carbonyl (C=O) groups excluding carboxylic acids is 1. The number of ether oxygens (including phenoxy) is 1. The van der Waals surface area contributed by atoms with Gasteiger partial charge in [-0.25, -0.2) is 4.79 Å². The van der Waals surface area contributed by atoms with Gasteiger partial charge in [0.1, 0.15) is 0 Å². The highest BCUT2D eigenvalue weighted by atomic mass is 16.5. The molecule has 0 N–H and O–H groups in total. The van der Waals surface area contributed by atoms with Crippen LogP contribution in [0.15, 0.2) is 28.8 Å². The van der Waals surface area contributed by atoms with Crippen molar-refractivity contribution in [1.29, 1.82) is 0 Å². The molecule has 4 heteroatoms. The van der Waals surface area contributed by atoms with Crippen LogP contribution in [0.2, 0.25) is 0 Å². The Balaban J connectivity index is 2.47. The molecule has 0 unspecified atom stereocenters. The van der Waals surface area contributed by atoms with Gasteiger partial charge >= 0.3 is 5.97 Å². The summed E-state index contributed by atoms with van der Waals surface area (Å²) in [6.07, 6.45) is 0. The Morgan fingerprint density at radius 3 is 3.07 bits per heavy atom. The third kappa shape index (κ3) is 1.35. The molecule has 0 spiro atoms. The lowest BCUT2D eigenvalue weighted by Crippen LogP contribution is -2.04. The van der Waals surface area contributed by atoms with Gasteiger partial charge in [0.2, 0.25) is 0 Å². The predicted octanol–water partition coefficient (Wildman–Crippen LogP) is 2.00. The number of hydrogen-bond acceptors (Lipinski definition) is 4. The lowest BCUT2D eigenvalue weighted by molar-refractivity contribution is 0.0517. The molecule has 0 bridgehead atoms. The molecule has 0 aliphatic heterocycles. The van der Waals surface area contributed by atoms with Crippen molar-refractivity contribution in [3.05, 3.63) is 30.0 Å². The summed E-state index contributed by atoms with van der Waals surface area (Å²) in [5, 5.41) is 4.35. The second kappa shape index (κ2) is 3.49. The fourth-order valence-electron chi connectivity index (χ4n) is 1.23. The lowest BCUT2D eigenvalue weighted by atomic mass is 10.2. The van der Waals surface area contributed by atoms with Crippen LogP contribution >= 0.6 is 0 Å². The smallest absolute Gasteiger partial charge is 0.361 e. The summed E-state index contributed by atoms with van der Waals surface area (Å²) in [4.78, 5) is 11.4. The van der Waals surface area contributed by atoms with Crippen molar-refractivity contribution in [2.24, 2.45) is 0 Å². The molecule has 4 nitrogen and oxygen atoms in total. The van der Waals surface area contributed by atoms with Gasteiger partial charge in [0.05, 0.1) is 12.0 Å². The second-order valence-electron chi connectivity index (χ2n) is 2.75. The van der Waals surface area contributed by atoms with E-state index >= 15 is 0 Å². The Morgan fingerprint density at radius 2 is 2.29 bits per heavy atom. The minimum atomic E-state index is -0.447. The SMILES string of the molecule is CCOC(=O)c1noc2ccccc12. The monoisotopic (exact) mass is 191 g/mol. The molecule has 14 heavy (non-hydrogen) atoms. The topological polar surface area (TPSA) is 52.3 Å². The Morgan fingerprint density at radius 1 is 1.50 bits per heavy atom. The first-order chi connectivity index (χ1) is 6.83. The molecule has 0 amide bonds. The van der Waals surface area contributed by atoms with Crippen LogP contribution in [0.3, 0.4) is 0 Å². The van der Waals surface area contributed by atoms with Crippen molar-refractivity contribution in [2.45, 2.75) is 6.92 Å². The number of benzene rings is 1. The van der Waals surface area contributed by atoms with Gasteiger partial charge in [0, 0.05) is 0 Å². The highest BCUT2D eigenvalue weighted by molar-refractivity contribution is 6.00. The highest BCUT2D eigenvalue weighted by Gasteiger charge is 2.15. The number of rotatable bonds is 2. The van der Waals surface area contributed by atoms with Crippen molar-refractivity contribution in [1.82, 2.24) is 5.16 Å². The van der Waals surface area contributed by atoms with Gasteiger partial charge < -0.3 is 9.26 Å². The van der Waals surface area contributed by atoms with Crippen LogP contribution < -0.4 is 0 Å². The van der Waals surface area contributed by atoms with Crippen molar-refractivity contribution in [3.8, 4) is 0 Å². The average molecular weight is 191 g/mol. The summed E-state index contributed by atoms with van der Waals surface area (Å²) >= 11 is 0. The Kier molecular flexibility index (Phi) is 2.18. The van der Waals surface area contributed by atoms with Crippen LogP contribution in [0.4, 0.5) is 0 Å². The molecular formula is C10H9NO3. The molecule has 1 heterocycles. The maximum Gasteiger partial charge on any atom is 0.361 e. The number of carbonyl (C=O) groups is 1. The average Bonchev–Trinajstić information content (AvgIpc) is 2.61. The Hall–Kier alpha value is -1.84. The number of fused-ring (bicyclic) bond motifs is 1. The van der Waals surface area contributed by atoms with Crippen LogP contribution in [0.1, 0.15) is 17.4 Å². The van der Waals surface area contributed by atoms with Gasteiger partial charge in [-0.05, 0) is 19.1 Å². The number of nitrogens with zero attached hydrogens (tertiary/aromatic N) is 1. The quantitative estimate of drug-likeness (QED) is 0.681. The van der Waals surface area contributed by atoms with E-state index in [1.165, 1.54) is 0 Å². The number of hydrogen-bond donors (Lipinski definition) is 0. The van der Waals surface area contributed by atoms with E-state index in [1.54, 1.807) is 19.1 Å². The maximum atomic E-state index is 11.4. The molecule has 2 aromatic rings. The van der Waals surface area contributed by atoms with Gasteiger partial charge in [-0.3, -0.25) is 0 Å². The lowest BCUT2D eigenvalue weighted by Gasteiger charge is -1.96. The van der Waals surface area contributed by atoms with Gasteiger partial charge in [-0.2, -0.15) is 0 Å². The predicted molar refractivity (Wildman–Crippen MR) is 50.0 cm³/mol. The van der Waals surface area contributed by atoms with Gasteiger partial charge in [-0.15, -0.1) is 0 Å². The van der Waals surface area contributed by atoms with E-state index in [1.807, 2.05) is 12.1 Å². The molecule has 0 aliphatic rings. The summed E-state index contributed by atoms with van der Waals surface area (Å²) in [6, 6.07) is 7.17. The zero-order valence-electron chi connectivity index (χ0n) is 7.69. The first kappa shape index (κ1) is 8.74. The van der Waals surface area contributed by atoms with E-state index in [2.05, 4.69) is 5.16 Å². The Bertz CT molecular complexity index is 461. The zero-order valence-corrected chi connectivity index (χ0v) is 7.69. The third-order valence-corrected chi connectivity index (χ3v) is 1.85. The van der Waals surface area contributed by atoms with Crippen LogP contribution in [-0.4, -0.2) is 17.7 Å². The first-order valence-corrected chi connectivity index (χ1v) is 4.34. The van der Waals surface area contributed by atoms with Crippen LogP contribution in [0.25, 0.3) is 11.0 Å². The summed E-state index contributed by atoms with van der Waals surface area (Å²) in [6.45, 7) is 2.08. The molecule has 0 fully saturated rings. The minimum absolute atomic E-state index is 0.238. The molecule has 0 aliphatic carbocycles. The first-order valence-electron chi connectivity index (χ1n) is 4.34. The van der Waals surface area contributed by atoms with E-state index in [0.717, 1.165) is 0 Å². The van der Waals surface area contributed by atoms with Crippen LogP contribution in [-0.2, 0) is 4.74 Å². The molecule has 2 rings (SSSR count). The van der Waals surface area contributed by atoms with Crippen LogP contribution in [0.5, 0.6) is 0 Å². The fourth-order valence-corrected chi connectivity index (χ4v) is 1.23. The van der Waals surface area contributed by atoms with E-state index in [-0.39, 0.29) is 5.69 Å². The molecule has 1 aromatic carbocycles. The summed E-state index contributed by atoms with van der Waals surface area (Å²) in [5.74, 6) is -0.447. The highest BCUT2D eigenvalue weighted by Crippen LogP contribution is 2.18. The summed E-state index contributed by atoms with van der Waals surface area (Å²) in [7, 11) is 0. The number of para-hydroxylation sites is 1. The molecule has 0 saturated heterocycles. The van der Waals surface area contributed by atoms with Crippen LogP contribution in [0, 0.1) is 0 Å². The number of esters is 1. The zero-order chi connectivity index (χ0) is 9.97. The number of aromatic nitrogens is 1. The normalized spacial score (nSPS) is 10.4. The van der Waals surface area contributed by atoms with Crippen molar-refractivity contribution in [2.75, 3.05) is 6.61 Å².